The summed E-state index contributed by atoms with van der Waals surface area (Å²) in [5.41, 5.74) is -0.730. The fourth-order valence-corrected chi connectivity index (χ4v) is 2.64. The van der Waals surface area contributed by atoms with E-state index in [4.69, 9.17) is 8.94 Å². The zero-order valence-corrected chi connectivity index (χ0v) is 12.2. The molecule has 0 aliphatic heterocycles. The summed E-state index contributed by atoms with van der Waals surface area (Å²) in [6.45, 7) is 0.313. The summed E-state index contributed by atoms with van der Waals surface area (Å²) in [7, 11) is 0. The molecule has 2 heterocycles. The van der Waals surface area contributed by atoms with E-state index in [0.717, 1.165) is 25.7 Å². The molecule has 118 valence electrons. The Labute approximate surface area is 127 Å². The van der Waals surface area contributed by atoms with Crippen molar-refractivity contribution < 1.29 is 18.8 Å². The van der Waals surface area contributed by atoms with Crippen molar-refractivity contribution in [3.63, 3.8) is 0 Å². The molecule has 1 aliphatic rings. The molecule has 0 spiro atoms. The number of aryl methyl sites for hydroxylation is 1. The summed E-state index contributed by atoms with van der Waals surface area (Å²) < 4.78 is 10.3. The van der Waals surface area contributed by atoms with Crippen LogP contribution in [0.1, 0.15) is 38.0 Å². The van der Waals surface area contributed by atoms with Gasteiger partial charge in [0.1, 0.15) is 0 Å². The minimum atomic E-state index is -0.730. The maximum Gasteiger partial charge on any atom is 0.238 e. The minimum absolute atomic E-state index is 0.127. The average Bonchev–Trinajstić information content (AvgIpc) is 3.24. The second kappa shape index (κ2) is 6.31. The van der Waals surface area contributed by atoms with Gasteiger partial charge in [0.25, 0.3) is 0 Å². The van der Waals surface area contributed by atoms with Gasteiger partial charge in [-0.25, -0.2) is 0 Å². The predicted molar refractivity (Wildman–Crippen MR) is 76.7 cm³/mol. The van der Waals surface area contributed by atoms with Crippen molar-refractivity contribution in [1.82, 2.24) is 15.5 Å². The highest BCUT2D eigenvalue weighted by Gasteiger charge is 2.31. The smallest absolute Gasteiger partial charge is 0.238 e. The SMILES string of the molecule is O=C(CCc1nc(-c2ccco2)no1)NCC1(O)CCCC1. The minimum Gasteiger partial charge on any atom is -0.461 e. The van der Waals surface area contributed by atoms with E-state index < -0.39 is 5.60 Å². The lowest BCUT2D eigenvalue weighted by atomic mass is 10.0. The van der Waals surface area contributed by atoms with E-state index >= 15 is 0 Å². The zero-order chi connectivity index (χ0) is 15.4. The first kappa shape index (κ1) is 14.8. The lowest BCUT2D eigenvalue weighted by Crippen LogP contribution is -2.40. The third-order valence-corrected chi connectivity index (χ3v) is 3.92. The van der Waals surface area contributed by atoms with Gasteiger partial charge in [-0.05, 0) is 25.0 Å². The molecule has 1 aliphatic carbocycles. The Morgan fingerprint density at radius 1 is 1.41 bits per heavy atom. The number of carbonyl (C=O) groups is 1. The van der Waals surface area contributed by atoms with Gasteiger partial charge in [-0.15, -0.1) is 0 Å². The van der Waals surface area contributed by atoms with Crippen LogP contribution in [0.3, 0.4) is 0 Å². The van der Waals surface area contributed by atoms with E-state index in [-0.39, 0.29) is 12.3 Å². The first-order chi connectivity index (χ1) is 10.6. The number of aliphatic hydroxyl groups is 1. The van der Waals surface area contributed by atoms with Crippen LogP contribution in [0.4, 0.5) is 0 Å². The van der Waals surface area contributed by atoms with Crippen LogP contribution in [0, 0.1) is 0 Å². The predicted octanol–water partition coefficient (Wildman–Crippen LogP) is 1.68. The van der Waals surface area contributed by atoms with Crippen molar-refractivity contribution in [3.8, 4) is 11.6 Å². The third-order valence-electron chi connectivity index (χ3n) is 3.92. The molecule has 0 radical (unpaired) electrons. The number of nitrogens with one attached hydrogen (secondary N) is 1. The molecule has 7 heteroatoms. The Kier molecular flexibility index (Phi) is 4.24. The third kappa shape index (κ3) is 3.54. The number of rotatable bonds is 6. The van der Waals surface area contributed by atoms with Gasteiger partial charge in [0.2, 0.25) is 17.6 Å². The average molecular weight is 305 g/mol. The molecule has 2 aromatic heterocycles. The molecule has 1 amide bonds. The molecule has 2 aromatic rings. The maximum atomic E-state index is 11.8. The number of nitrogens with zero attached hydrogens (tertiary/aromatic N) is 2. The van der Waals surface area contributed by atoms with Crippen molar-refractivity contribution in [2.24, 2.45) is 0 Å². The number of carbonyl (C=O) groups excluding carboxylic acids is 1. The van der Waals surface area contributed by atoms with E-state index in [9.17, 15) is 9.90 Å². The lowest BCUT2D eigenvalue weighted by molar-refractivity contribution is -0.122. The number of hydrogen-bond acceptors (Lipinski definition) is 6. The molecular formula is C15H19N3O4. The normalized spacial score (nSPS) is 16.8. The molecule has 0 aromatic carbocycles. The highest BCUT2D eigenvalue weighted by atomic mass is 16.5. The van der Waals surface area contributed by atoms with Crippen LogP contribution in [0.2, 0.25) is 0 Å². The lowest BCUT2D eigenvalue weighted by Gasteiger charge is -2.22. The molecule has 0 bridgehead atoms. The van der Waals surface area contributed by atoms with Crippen molar-refractivity contribution in [2.75, 3.05) is 6.54 Å². The second-order valence-electron chi connectivity index (χ2n) is 5.70. The van der Waals surface area contributed by atoms with E-state index in [0.29, 0.717) is 30.4 Å². The largest absolute Gasteiger partial charge is 0.461 e. The van der Waals surface area contributed by atoms with Crippen LogP contribution >= 0.6 is 0 Å². The highest BCUT2D eigenvalue weighted by Crippen LogP contribution is 2.28. The number of furan rings is 1. The number of hydrogen-bond donors (Lipinski definition) is 2. The Bertz CT molecular complexity index is 615. The van der Waals surface area contributed by atoms with Crippen LogP contribution in [0.25, 0.3) is 11.6 Å². The molecule has 7 nitrogen and oxygen atoms in total. The first-order valence-corrected chi connectivity index (χ1v) is 7.50. The Morgan fingerprint density at radius 3 is 2.95 bits per heavy atom. The summed E-state index contributed by atoms with van der Waals surface area (Å²) >= 11 is 0. The van der Waals surface area contributed by atoms with Gasteiger partial charge in [0.15, 0.2) is 5.76 Å². The topological polar surface area (TPSA) is 101 Å². The molecule has 2 N–H and O–H groups in total. The molecule has 3 rings (SSSR count). The standard InChI is InChI=1S/C15H19N3O4/c19-12(16-10-15(20)7-1-2-8-15)5-6-13-17-14(18-22-13)11-4-3-9-21-11/h3-4,9,20H,1-2,5-8,10H2,(H,16,19). The Balaban J connectivity index is 1.45. The van der Waals surface area contributed by atoms with Gasteiger partial charge >= 0.3 is 0 Å². The highest BCUT2D eigenvalue weighted by molar-refractivity contribution is 5.76. The fourth-order valence-electron chi connectivity index (χ4n) is 2.64. The van der Waals surface area contributed by atoms with Gasteiger partial charge in [-0.3, -0.25) is 4.79 Å². The Morgan fingerprint density at radius 2 is 2.23 bits per heavy atom. The van der Waals surface area contributed by atoms with Gasteiger partial charge in [-0.2, -0.15) is 4.98 Å². The fraction of sp³-hybridized carbons (Fsp3) is 0.533. The van der Waals surface area contributed by atoms with Gasteiger partial charge in [0, 0.05) is 19.4 Å². The van der Waals surface area contributed by atoms with Crippen LogP contribution < -0.4 is 5.32 Å². The summed E-state index contributed by atoms with van der Waals surface area (Å²) in [6, 6.07) is 3.48. The van der Waals surface area contributed by atoms with Crippen LogP contribution in [0.15, 0.2) is 27.3 Å². The molecule has 0 unspecified atom stereocenters. The van der Waals surface area contributed by atoms with E-state index in [2.05, 4.69) is 15.5 Å². The van der Waals surface area contributed by atoms with Crippen molar-refractivity contribution in [1.29, 1.82) is 0 Å². The molecule has 0 saturated heterocycles. The molecule has 22 heavy (non-hydrogen) atoms. The quantitative estimate of drug-likeness (QED) is 0.842. The van der Waals surface area contributed by atoms with Crippen LogP contribution in [-0.4, -0.2) is 33.3 Å². The second-order valence-corrected chi connectivity index (χ2v) is 5.70. The summed E-state index contributed by atoms with van der Waals surface area (Å²) in [6.07, 6.45) is 5.68. The zero-order valence-electron chi connectivity index (χ0n) is 12.2. The van der Waals surface area contributed by atoms with E-state index in [1.54, 1.807) is 12.1 Å². The summed E-state index contributed by atoms with van der Waals surface area (Å²) in [4.78, 5) is 16.0. The molecule has 1 saturated carbocycles. The number of amides is 1. The van der Waals surface area contributed by atoms with E-state index in [1.807, 2.05) is 0 Å². The number of aromatic nitrogens is 2. The first-order valence-electron chi connectivity index (χ1n) is 7.50. The van der Waals surface area contributed by atoms with Crippen molar-refractivity contribution in [3.05, 3.63) is 24.3 Å². The molecule has 0 atom stereocenters. The van der Waals surface area contributed by atoms with Crippen molar-refractivity contribution >= 4 is 5.91 Å². The molecule has 1 fully saturated rings. The van der Waals surface area contributed by atoms with Crippen LogP contribution in [0.5, 0.6) is 0 Å². The van der Waals surface area contributed by atoms with Crippen molar-refractivity contribution in [2.45, 2.75) is 44.1 Å². The Hall–Kier alpha value is -2.15. The summed E-state index contributed by atoms with van der Waals surface area (Å²) in [5.74, 6) is 1.17. The monoisotopic (exact) mass is 305 g/mol. The summed E-state index contributed by atoms with van der Waals surface area (Å²) in [5, 5.41) is 16.7. The maximum absolute atomic E-state index is 11.8. The van der Waals surface area contributed by atoms with Gasteiger partial charge in [-0.1, -0.05) is 18.0 Å². The van der Waals surface area contributed by atoms with Gasteiger partial charge in [0.05, 0.1) is 11.9 Å². The molecular weight excluding hydrogens is 286 g/mol. The van der Waals surface area contributed by atoms with Crippen LogP contribution in [-0.2, 0) is 11.2 Å². The van der Waals surface area contributed by atoms with Gasteiger partial charge < -0.3 is 19.4 Å². The van der Waals surface area contributed by atoms with E-state index in [1.165, 1.54) is 6.26 Å².